The quantitative estimate of drug-likeness (QED) is 0.345. The van der Waals surface area contributed by atoms with Crippen molar-refractivity contribution >= 4 is 17.7 Å². The molecule has 2 aromatic carbocycles. The van der Waals surface area contributed by atoms with Gasteiger partial charge in [0.15, 0.2) is 6.10 Å². The molecular weight excluding hydrogens is 482 g/mol. The zero-order valence-corrected chi connectivity index (χ0v) is 22.6. The SMILES string of the molecule is COc1ccc(N2CC(C(CCCC3=CC=C(C)C=CC3)OC(C)=O)OC2=O)cc1.COc1ccccc1. The number of allylic oxidation sites excluding steroid dienone is 6. The molecule has 202 valence electrons. The summed E-state index contributed by atoms with van der Waals surface area (Å²) in [6, 6.07) is 16.9. The Morgan fingerprint density at radius 1 is 1.03 bits per heavy atom. The fourth-order valence-corrected chi connectivity index (χ4v) is 4.23. The van der Waals surface area contributed by atoms with Gasteiger partial charge in [-0.05, 0) is 69.0 Å². The number of anilines is 1. The van der Waals surface area contributed by atoms with Crippen molar-refractivity contribution in [2.24, 2.45) is 0 Å². The molecule has 1 amide bonds. The van der Waals surface area contributed by atoms with E-state index in [4.69, 9.17) is 18.9 Å². The first-order valence-corrected chi connectivity index (χ1v) is 12.8. The molecule has 2 aliphatic rings. The second kappa shape index (κ2) is 14.7. The number of rotatable bonds is 9. The lowest BCUT2D eigenvalue weighted by molar-refractivity contribution is -0.151. The fourth-order valence-electron chi connectivity index (χ4n) is 4.23. The maximum Gasteiger partial charge on any atom is 0.414 e. The molecule has 4 rings (SSSR count). The van der Waals surface area contributed by atoms with Crippen LogP contribution in [0.25, 0.3) is 0 Å². The zero-order chi connectivity index (χ0) is 27.3. The van der Waals surface area contributed by atoms with Crippen LogP contribution in [-0.4, -0.2) is 45.0 Å². The van der Waals surface area contributed by atoms with Gasteiger partial charge in [0.05, 0.1) is 20.8 Å². The Hall–Kier alpha value is -4.00. The Morgan fingerprint density at radius 3 is 2.34 bits per heavy atom. The summed E-state index contributed by atoms with van der Waals surface area (Å²) in [4.78, 5) is 25.6. The molecule has 0 radical (unpaired) electrons. The van der Waals surface area contributed by atoms with E-state index >= 15 is 0 Å². The predicted molar refractivity (Wildman–Crippen MR) is 149 cm³/mol. The van der Waals surface area contributed by atoms with Gasteiger partial charge < -0.3 is 18.9 Å². The molecule has 2 atom stereocenters. The minimum absolute atomic E-state index is 0.344. The summed E-state index contributed by atoms with van der Waals surface area (Å²) in [5.41, 5.74) is 3.30. The number of amides is 1. The maximum atomic E-state index is 12.4. The average Bonchev–Trinajstić information content (AvgIpc) is 3.20. The minimum atomic E-state index is -0.492. The van der Waals surface area contributed by atoms with Crippen LogP contribution in [0.15, 0.2) is 90.0 Å². The van der Waals surface area contributed by atoms with Gasteiger partial charge in [-0.25, -0.2) is 4.79 Å². The Bertz CT molecular complexity index is 1140. The molecule has 1 saturated heterocycles. The van der Waals surface area contributed by atoms with Crippen molar-refractivity contribution in [2.75, 3.05) is 25.7 Å². The van der Waals surface area contributed by atoms with Crippen LogP contribution >= 0.6 is 0 Å². The van der Waals surface area contributed by atoms with Crippen LogP contribution in [0.1, 0.15) is 39.5 Å². The molecule has 0 N–H and O–H groups in total. The van der Waals surface area contributed by atoms with Crippen molar-refractivity contribution in [1.82, 2.24) is 0 Å². The average molecular weight is 520 g/mol. The molecule has 2 unspecified atom stereocenters. The van der Waals surface area contributed by atoms with E-state index in [0.29, 0.717) is 18.7 Å². The van der Waals surface area contributed by atoms with Crippen molar-refractivity contribution in [3.63, 3.8) is 0 Å². The van der Waals surface area contributed by atoms with Crippen molar-refractivity contribution in [2.45, 2.75) is 51.7 Å². The normalized spacial score (nSPS) is 17.2. The number of ether oxygens (including phenoxy) is 4. The Morgan fingerprint density at radius 2 is 1.71 bits per heavy atom. The highest BCUT2D eigenvalue weighted by Gasteiger charge is 2.38. The molecule has 2 aromatic rings. The number of methoxy groups -OCH3 is 2. The molecule has 38 heavy (non-hydrogen) atoms. The third kappa shape index (κ3) is 8.83. The van der Waals surface area contributed by atoms with E-state index < -0.39 is 18.3 Å². The number of carbonyl (C=O) groups excluding carboxylic acids is 2. The number of hydrogen-bond acceptors (Lipinski definition) is 6. The van der Waals surface area contributed by atoms with Crippen LogP contribution in [0, 0.1) is 0 Å². The lowest BCUT2D eigenvalue weighted by Crippen LogP contribution is -2.34. The first-order valence-electron chi connectivity index (χ1n) is 12.8. The summed E-state index contributed by atoms with van der Waals surface area (Å²) in [7, 11) is 3.26. The molecule has 1 fully saturated rings. The van der Waals surface area contributed by atoms with Gasteiger partial charge in [0.25, 0.3) is 0 Å². The minimum Gasteiger partial charge on any atom is -0.497 e. The van der Waals surface area contributed by atoms with Crippen LogP contribution in [-0.2, 0) is 14.3 Å². The van der Waals surface area contributed by atoms with Gasteiger partial charge in [-0.1, -0.05) is 53.6 Å². The topological polar surface area (TPSA) is 74.3 Å². The Balaban J connectivity index is 0.000000427. The lowest BCUT2D eigenvalue weighted by atomic mass is 10.0. The Labute approximate surface area is 225 Å². The number of nitrogens with zero attached hydrogens (tertiary/aromatic N) is 1. The van der Waals surface area contributed by atoms with E-state index in [9.17, 15) is 9.59 Å². The van der Waals surface area contributed by atoms with Gasteiger partial charge >= 0.3 is 12.1 Å². The number of hydrogen-bond donors (Lipinski definition) is 0. The maximum absolute atomic E-state index is 12.4. The zero-order valence-electron chi connectivity index (χ0n) is 22.6. The first kappa shape index (κ1) is 28.6. The van der Waals surface area contributed by atoms with E-state index in [2.05, 4.69) is 31.2 Å². The molecule has 0 saturated carbocycles. The summed E-state index contributed by atoms with van der Waals surface area (Å²) >= 11 is 0. The third-order valence-corrected chi connectivity index (χ3v) is 6.26. The van der Waals surface area contributed by atoms with Crippen LogP contribution in [0.3, 0.4) is 0 Å². The van der Waals surface area contributed by atoms with Crippen molar-refractivity contribution in [3.05, 3.63) is 90.0 Å². The van der Waals surface area contributed by atoms with Gasteiger partial charge in [0.1, 0.15) is 17.6 Å². The highest BCUT2D eigenvalue weighted by atomic mass is 16.6. The summed E-state index contributed by atoms with van der Waals surface area (Å²) in [5, 5.41) is 0. The summed E-state index contributed by atoms with van der Waals surface area (Å²) < 4.78 is 21.2. The molecule has 0 spiro atoms. The van der Waals surface area contributed by atoms with Gasteiger partial charge in [-0.15, -0.1) is 0 Å². The van der Waals surface area contributed by atoms with E-state index in [1.807, 2.05) is 42.5 Å². The third-order valence-electron chi connectivity index (χ3n) is 6.26. The number of cyclic esters (lactones) is 1. The highest BCUT2D eigenvalue weighted by molar-refractivity contribution is 5.89. The van der Waals surface area contributed by atoms with Crippen molar-refractivity contribution in [3.8, 4) is 11.5 Å². The van der Waals surface area contributed by atoms with Crippen molar-refractivity contribution < 1.29 is 28.5 Å². The monoisotopic (exact) mass is 519 g/mol. The van der Waals surface area contributed by atoms with E-state index in [0.717, 1.165) is 30.7 Å². The standard InChI is InChI=1S/C24H29NO5.C7H8O/c1-17-6-4-7-19(11-10-17)8-5-9-22(29-18(2)26)23-16-25(24(27)30-23)20-12-14-21(28-3)15-13-20;1-8-7-5-3-2-4-6-7/h4,6,10-15,22-23H,5,7-9,16H2,1-3H3;2-6H,1H3. The smallest absolute Gasteiger partial charge is 0.414 e. The molecule has 7 nitrogen and oxygen atoms in total. The van der Waals surface area contributed by atoms with Crippen LogP contribution < -0.4 is 14.4 Å². The summed E-state index contributed by atoms with van der Waals surface area (Å²) in [6.07, 6.45) is 10.5. The van der Waals surface area contributed by atoms with Crippen LogP contribution in [0.5, 0.6) is 11.5 Å². The van der Waals surface area contributed by atoms with E-state index in [1.165, 1.54) is 18.1 Å². The van der Waals surface area contributed by atoms with Gasteiger partial charge in [-0.2, -0.15) is 0 Å². The summed E-state index contributed by atoms with van der Waals surface area (Å²) in [5.74, 6) is 1.26. The van der Waals surface area contributed by atoms with E-state index in [-0.39, 0.29) is 5.97 Å². The van der Waals surface area contributed by atoms with Gasteiger partial charge in [-0.3, -0.25) is 9.69 Å². The molecule has 0 aromatic heterocycles. The van der Waals surface area contributed by atoms with E-state index in [1.54, 1.807) is 31.3 Å². The molecule has 7 heteroatoms. The number of benzene rings is 2. The van der Waals surface area contributed by atoms with Crippen molar-refractivity contribution in [1.29, 1.82) is 0 Å². The molecule has 1 aliphatic carbocycles. The number of para-hydroxylation sites is 1. The molecular formula is C31H37NO6. The fraction of sp³-hybridized carbons (Fsp3) is 0.355. The first-order chi connectivity index (χ1) is 18.4. The van der Waals surface area contributed by atoms with Crippen LogP contribution in [0.4, 0.5) is 10.5 Å². The van der Waals surface area contributed by atoms with Gasteiger partial charge in [0, 0.05) is 12.6 Å². The highest BCUT2D eigenvalue weighted by Crippen LogP contribution is 2.28. The second-order valence-electron chi connectivity index (χ2n) is 9.13. The molecule has 1 aliphatic heterocycles. The number of esters is 1. The second-order valence-corrected chi connectivity index (χ2v) is 9.13. The van der Waals surface area contributed by atoms with Crippen LogP contribution in [0.2, 0.25) is 0 Å². The molecule has 1 heterocycles. The summed E-state index contributed by atoms with van der Waals surface area (Å²) in [6.45, 7) is 3.81. The predicted octanol–water partition coefficient (Wildman–Crippen LogP) is 6.65. The van der Waals surface area contributed by atoms with Gasteiger partial charge in [0.2, 0.25) is 0 Å². The largest absolute Gasteiger partial charge is 0.497 e. The lowest BCUT2D eigenvalue weighted by Gasteiger charge is -2.22. The molecule has 0 bridgehead atoms. The number of carbonyl (C=O) groups is 2. The Kier molecular flexibility index (Phi) is 11.0.